The second kappa shape index (κ2) is 15.9. The molecule has 0 bridgehead atoms. The molecule has 1 saturated heterocycles. The molecule has 0 spiro atoms. The Morgan fingerprint density at radius 1 is 1.11 bits per heavy atom. The molecule has 6 rings (SSSR count). The van der Waals surface area contributed by atoms with E-state index >= 15 is 0 Å². The summed E-state index contributed by atoms with van der Waals surface area (Å²) in [5.74, 6) is -2.92. The Balaban J connectivity index is 1.36. The van der Waals surface area contributed by atoms with Crippen LogP contribution in [-0.2, 0) is 29.1 Å². The van der Waals surface area contributed by atoms with Crippen molar-refractivity contribution >= 4 is 44.7 Å². The number of methoxy groups -OCH3 is 1. The van der Waals surface area contributed by atoms with Crippen LogP contribution in [0.5, 0.6) is 11.6 Å². The van der Waals surface area contributed by atoms with Crippen LogP contribution in [0, 0.1) is 17.8 Å². The van der Waals surface area contributed by atoms with Crippen molar-refractivity contribution in [3.05, 3.63) is 36.7 Å². The van der Waals surface area contributed by atoms with E-state index in [-0.39, 0.29) is 31.2 Å². The number of benzene rings is 1. The Labute approximate surface area is 328 Å². The van der Waals surface area contributed by atoms with Gasteiger partial charge in [-0.3, -0.25) is 19.1 Å². The Bertz CT molecular complexity index is 2030. The molecule has 4 aliphatic rings. The van der Waals surface area contributed by atoms with Crippen LogP contribution in [0.1, 0.15) is 79.1 Å². The SMILES string of the molecule is CC[C@@H]1C[C@H](C)CCC=C[C@@H]2C[C@@]2(C(=O)NS(=O)(=O)C2CC2)NC(=O)[C@@H]2C[C@@H](Oc3ncnc4cc(OC)ccc34)CN2C(=O)[C@H]1NC(=O)OC(C)(C)C(F)(F)F. The molecular weight excluding hydrogens is 774 g/mol. The summed E-state index contributed by atoms with van der Waals surface area (Å²) in [7, 11) is -2.48. The number of ether oxygens (including phenoxy) is 3. The Kier molecular flexibility index (Phi) is 11.7. The topological polar surface area (TPSA) is 195 Å². The van der Waals surface area contributed by atoms with Gasteiger partial charge in [0.2, 0.25) is 33.3 Å². The molecule has 19 heteroatoms. The van der Waals surface area contributed by atoms with Gasteiger partial charge in [-0.1, -0.05) is 32.4 Å². The highest BCUT2D eigenvalue weighted by molar-refractivity contribution is 7.91. The summed E-state index contributed by atoms with van der Waals surface area (Å²) in [5.41, 5.74) is -4.02. The van der Waals surface area contributed by atoms with Gasteiger partial charge in [0.1, 0.15) is 35.8 Å². The molecule has 3 fully saturated rings. The predicted octanol–water partition coefficient (Wildman–Crippen LogP) is 4.31. The molecule has 57 heavy (non-hydrogen) atoms. The van der Waals surface area contributed by atoms with Crippen molar-refractivity contribution < 1.29 is 55.0 Å². The van der Waals surface area contributed by atoms with Crippen LogP contribution < -0.4 is 24.8 Å². The molecular formula is C38H49F3N6O9S. The maximum Gasteiger partial charge on any atom is 0.427 e. The Hall–Kier alpha value is -4.68. The smallest absolute Gasteiger partial charge is 0.427 e. The summed E-state index contributed by atoms with van der Waals surface area (Å²) in [6.07, 6.45) is 0.370. The van der Waals surface area contributed by atoms with Crippen LogP contribution in [0.25, 0.3) is 10.9 Å². The summed E-state index contributed by atoms with van der Waals surface area (Å²) in [5, 5.41) is 5.01. The first-order valence-corrected chi connectivity index (χ1v) is 20.7. The second-order valence-electron chi connectivity index (χ2n) is 16.0. The van der Waals surface area contributed by atoms with Gasteiger partial charge in [0.15, 0.2) is 0 Å². The van der Waals surface area contributed by atoms with Gasteiger partial charge in [0.05, 0.1) is 29.8 Å². The van der Waals surface area contributed by atoms with Crippen LogP contribution in [0.3, 0.4) is 0 Å². The summed E-state index contributed by atoms with van der Waals surface area (Å²) in [6.45, 7) is 4.92. The van der Waals surface area contributed by atoms with Crippen LogP contribution in [-0.4, -0.2) is 102 Å². The summed E-state index contributed by atoms with van der Waals surface area (Å²) in [6, 6.07) is 2.30. The normalized spacial score (nSPS) is 28.6. The maximum absolute atomic E-state index is 14.8. The highest BCUT2D eigenvalue weighted by atomic mass is 32.2. The van der Waals surface area contributed by atoms with E-state index in [1.807, 2.05) is 13.0 Å². The minimum Gasteiger partial charge on any atom is -0.497 e. The van der Waals surface area contributed by atoms with Crippen molar-refractivity contribution in [2.24, 2.45) is 17.8 Å². The van der Waals surface area contributed by atoms with Gasteiger partial charge in [-0.05, 0) is 76.3 Å². The monoisotopic (exact) mass is 822 g/mol. The second-order valence-corrected chi connectivity index (χ2v) is 18.0. The number of sulfonamides is 1. The molecule has 312 valence electrons. The fraction of sp³-hybridized carbons (Fsp3) is 0.632. The number of alkyl carbamates (subject to hydrolysis) is 1. The highest BCUT2D eigenvalue weighted by Crippen LogP contribution is 2.46. The third-order valence-corrected chi connectivity index (χ3v) is 13.2. The molecule has 4 amide bonds. The van der Waals surface area contributed by atoms with E-state index in [9.17, 15) is 40.8 Å². The van der Waals surface area contributed by atoms with Crippen molar-refractivity contribution in [1.82, 2.24) is 30.2 Å². The third-order valence-electron chi connectivity index (χ3n) is 11.4. The van der Waals surface area contributed by atoms with Crippen LogP contribution in [0.2, 0.25) is 0 Å². The number of hydrogen-bond acceptors (Lipinski definition) is 11. The van der Waals surface area contributed by atoms with Gasteiger partial charge in [-0.25, -0.2) is 23.2 Å². The molecule has 2 saturated carbocycles. The quantitative estimate of drug-likeness (QED) is 0.305. The molecule has 2 aliphatic carbocycles. The lowest BCUT2D eigenvalue weighted by Crippen LogP contribution is -2.59. The molecule has 0 unspecified atom stereocenters. The lowest BCUT2D eigenvalue weighted by molar-refractivity contribution is -0.244. The van der Waals surface area contributed by atoms with Crippen molar-refractivity contribution in [3.8, 4) is 11.6 Å². The zero-order chi connectivity index (χ0) is 41.5. The molecule has 1 aromatic heterocycles. The molecule has 2 aliphatic heterocycles. The summed E-state index contributed by atoms with van der Waals surface area (Å²) < 4.78 is 85.6. The number of carbonyl (C=O) groups excluding carboxylic acids is 4. The number of alkyl halides is 3. The zero-order valence-corrected chi connectivity index (χ0v) is 33.2. The van der Waals surface area contributed by atoms with E-state index < -0.39 is 86.4 Å². The average Bonchev–Trinajstić information content (AvgIpc) is 4.07. The van der Waals surface area contributed by atoms with Gasteiger partial charge in [0.25, 0.3) is 5.91 Å². The Morgan fingerprint density at radius 2 is 1.84 bits per heavy atom. The lowest BCUT2D eigenvalue weighted by atomic mass is 9.85. The number of aromatic nitrogens is 2. The van der Waals surface area contributed by atoms with Gasteiger partial charge in [-0.15, -0.1) is 0 Å². The molecule has 3 heterocycles. The first kappa shape index (κ1) is 41.9. The molecule has 1 aromatic carbocycles. The number of allylic oxidation sites excluding steroid dienone is 1. The fourth-order valence-electron chi connectivity index (χ4n) is 7.55. The van der Waals surface area contributed by atoms with Crippen molar-refractivity contribution in [1.29, 1.82) is 0 Å². The number of nitrogens with zero attached hydrogens (tertiary/aromatic N) is 3. The third kappa shape index (κ3) is 9.07. The predicted molar refractivity (Wildman–Crippen MR) is 199 cm³/mol. The van der Waals surface area contributed by atoms with E-state index in [0.717, 1.165) is 0 Å². The van der Waals surface area contributed by atoms with Gasteiger partial charge in [-0.2, -0.15) is 13.2 Å². The van der Waals surface area contributed by atoms with E-state index in [2.05, 4.69) is 25.3 Å². The molecule has 3 N–H and O–H groups in total. The number of rotatable bonds is 9. The average molecular weight is 823 g/mol. The van der Waals surface area contributed by atoms with E-state index in [0.29, 0.717) is 69.0 Å². The Morgan fingerprint density at radius 3 is 2.51 bits per heavy atom. The first-order chi connectivity index (χ1) is 26.8. The van der Waals surface area contributed by atoms with Crippen LogP contribution in [0.4, 0.5) is 18.0 Å². The fourth-order valence-corrected chi connectivity index (χ4v) is 8.92. The van der Waals surface area contributed by atoms with Gasteiger partial charge >= 0.3 is 12.3 Å². The van der Waals surface area contributed by atoms with Crippen molar-refractivity contribution in [3.63, 3.8) is 0 Å². The largest absolute Gasteiger partial charge is 0.497 e. The van der Waals surface area contributed by atoms with E-state index in [1.165, 1.54) is 18.3 Å². The number of amides is 4. The van der Waals surface area contributed by atoms with Gasteiger partial charge in [0, 0.05) is 18.4 Å². The lowest BCUT2D eigenvalue weighted by Gasteiger charge is -2.35. The van der Waals surface area contributed by atoms with Gasteiger partial charge < -0.3 is 29.7 Å². The zero-order valence-electron chi connectivity index (χ0n) is 32.4. The number of fused-ring (bicyclic) bond motifs is 3. The molecule has 0 radical (unpaired) electrons. The minimum atomic E-state index is -4.91. The minimum absolute atomic E-state index is 0.0321. The maximum atomic E-state index is 14.8. The van der Waals surface area contributed by atoms with Crippen LogP contribution in [0.15, 0.2) is 36.7 Å². The van der Waals surface area contributed by atoms with E-state index in [1.54, 1.807) is 31.2 Å². The number of carbonyl (C=O) groups is 4. The number of hydrogen-bond donors (Lipinski definition) is 3. The molecule has 7 atom stereocenters. The summed E-state index contributed by atoms with van der Waals surface area (Å²) >= 11 is 0. The van der Waals surface area contributed by atoms with Crippen LogP contribution >= 0.6 is 0 Å². The van der Waals surface area contributed by atoms with E-state index in [4.69, 9.17) is 14.2 Å². The van der Waals surface area contributed by atoms with Crippen molar-refractivity contribution in [2.45, 2.75) is 120 Å². The molecule has 2 aromatic rings. The molecule has 15 nitrogen and oxygen atoms in total. The van der Waals surface area contributed by atoms with Crippen molar-refractivity contribution in [2.75, 3.05) is 13.7 Å². The highest BCUT2D eigenvalue weighted by Gasteiger charge is 2.62. The first-order valence-electron chi connectivity index (χ1n) is 19.2. The summed E-state index contributed by atoms with van der Waals surface area (Å²) in [4.78, 5) is 66.0. The number of nitrogens with one attached hydrogen (secondary N) is 3. The standard InChI is InChI=1S/C38H49F3N6O9S/c1-6-22-15-21(2)9-7-8-10-23-18-37(23,34(50)46-57(52,53)26-12-13-26)45-31(48)29-17-25(55-32-27-14-11-24(54-5)16-28(27)42-20-43-32)19-47(29)33(49)30(22)44-35(51)56-36(3,4)38(39,40)41/h8,10-11,14,16,20-23,25-26,29-30H,6-7,9,12-13,15,17-19H2,1-5H3,(H,44,51)(H,45,48)(H,46,50)/t21-,22-,23-,25-,29+,30+,37-/m1/s1. The number of halogens is 3.